The van der Waals surface area contributed by atoms with Gasteiger partial charge in [0.1, 0.15) is 5.75 Å². The van der Waals surface area contributed by atoms with Gasteiger partial charge in [-0.05, 0) is 19.2 Å². The van der Waals surface area contributed by atoms with Crippen molar-refractivity contribution in [1.82, 2.24) is 0 Å². The molecule has 0 fully saturated rings. The maximum atomic E-state index is 11.5. The van der Waals surface area contributed by atoms with Gasteiger partial charge in [-0.2, -0.15) is 0 Å². The largest absolute Gasteiger partial charge is 0.478 e. The number of ether oxygens (including phenoxy) is 2. The molecular formula is C16H18O4. The molecule has 0 heterocycles. The zero-order valence-corrected chi connectivity index (χ0v) is 11.8. The Bertz CT molecular complexity index is 619. The van der Waals surface area contributed by atoms with Crippen molar-refractivity contribution in [2.24, 2.45) is 0 Å². The average Bonchev–Trinajstić information content (AvgIpc) is 2.46. The number of benzene rings is 2. The normalized spacial score (nSPS) is 13.8. The number of aliphatic hydroxyl groups is 1. The highest BCUT2D eigenvalue weighted by Crippen LogP contribution is 2.34. The van der Waals surface area contributed by atoms with Gasteiger partial charge in [0.2, 0.25) is 0 Å². The van der Waals surface area contributed by atoms with Gasteiger partial charge >= 0.3 is 5.97 Å². The first-order valence-corrected chi connectivity index (χ1v) is 6.48. The van der Waals surface area contributed by atoms with Crippen molar-refractivity contribution >= 4 is 16.7 Å². The Labute approximate surface area is 117 Å². The molecule has 0 aliphatic rings. The van der Waals surface area contributed by atoms with Crippen LogP contribution in [0.1, 0.15) is 25.5 Å². The summed E-state index contributed by atoms with van der Waals surface area (Å²) >= 11 is 0. The highest BCUT2D eigenvalue weighted by molar-refractivity contribution is 5.90. The Kier molecular flexibility index (Phi) is 4.25. The summed E-state index contributed by atoms with van der Waals surface area (Å²) in [6, 6.07) is 11.4. The lowest BCUT2D eigenvalue weighted by molar-refractivity contribution is -0.147. The zero-order valence-electron chi connectivity index (χ0n) is 11.8. The standard InChI is InChI=1S/C16H18O4/c1-10(17)13-9-8-12-6-4-5-7-14(12)15(13)20-11(2)16(18)19-3/h4-11,17H,1-3H3/t10-,11?/m1/s1. The molecule has 0 aromatic heterocycles. The van der Waals surface area contributed by atoms with Crippen LogP contribution in [0, 0.1) is 0 Å². The molecule has 1 unspecified atom stereocenters. The third-order valence-corrected chi connectivity index (χ3v) is 3.19. The van der Waals surface area contributed by atoms with E-state index in [1.54, 1.807) is 13.8 Å². The summed E-state index contributed by atoms with van der Waals surface area (Å²) in [6.07, 6.45) is -1.41. The second-order valence-corrected chi connectivity index (χ2v) is 4.66. The van der Waals surface area contributed by atoms with Crippen LogP contribution >= 0.6 is 0 Å². The van der Waals surface area contributed by atoms with Crippen LogP contribution in [-0.4, -0.2) is 24.3 Å². The lowest BCUT2D eigenvalue weighted by Crippen LogP contribution is -2.25. The van der Waals surface area contributed by atoms with Crippen molar-refractivity contribution in [3.63, 3.8) is 0 Å². The van der Waals surface area contributed by atoms with E-state index < -0.39 is 18.2 Å². The number of methoxy groups -OCH3 is 1. The Hall–Kier alpha value is -2.07. The highest BCUT2D eigenvalue weighted by Gasteiger charge is 2.20. The molecule has 4 heteroatoms. The predicted octanol–water partition coefficient (Wildman–Crippen LogP) is 2.83. The molecule has 4 nitrogen and oxygen atoms in total. The van der Waals surface area contributed by atoms with Gasteiger partial charge < -0.3 is 14.6 Å². The van der Waals surface area contributed by atoms with Crippen LogP contribution in [0.2, 0.25) is 0 Å². The quantitative estimate of drug-likeness (QED) is 0.871. The van der Waals surface area contributed by atoms with Crippen LogP contribution in [0.4, 0.5) is 0 Å². The summed E-state index contributed by atoms with van der Waals surface area (Å²) in [5.41, 5.74) is 0.652. The van der Waals surface area contributed by atoms with Crippen LogP contribution in [-0.2, 0) is 9.53 Å². The molecule has 2 aromatic carbocycles. The molecule has 0 aliphatic carbocycles. The number of carbonyl (C=O) groups is 1. The van der Waals surface area contributed by atoms with E-state index in [2.05, 4.69) is 4.74 Å². The number of hydrogen-bond donors (Lipinski definition) is 1. The van der Waals surface area contributed by atoms with Crippen LogP contribution in [0.5, 0.6) is 5.75 Å². The molecule has 2 rings (SSSR count). The van der Waals surface area contributed by atoms with Gasteiger partial charge in [0.05, 0.1) is 13.2 Å². The van der Waals surface area contributed by atoms with Gasteiger partial charge in [-0.3, -0.25) is 0 Å². The summed E-state index contributed by atoms with van der Waals surface area (Å²) < 4.78 is 10.4. The third-order valence-electron chi connectivity index (χ3n) is 3.19. The molecule has 2 aromatic rings. The fraction of sp³-hybridized carbons (Fsp3) is 0.312. The molecule has 106 valence electrons. The third kappa shape index (κ3) is 2.75. The summed E-state index contributed by atoms with van der Waals surface area (Å²) in [4.78, 5) is 11.5. The number of hydrogen-bond acceptors (Lipinski definition) is 4. The SMILES string of the molecule is COC(=O)C(C)Oc1c([C@@H](C)O)ccc2ccccc12. The Morgan fingerprint density at radius 3 is 2.50 bits per heavy atom. The first-order valence-electron chi connectivity index (χ1n) is 6.48. The average molecular weight is 274 g/mol. The first-order chi connectivity index (χ1) is 9.54. The van der Waals surface area contributed by atoms with Crippen LogP contribution in [0.15, 0.2) is 36.4 Å². The van der Waals surface area contributed by atoms with Crippen molar-refractivity contribution in [3.05, 3.63) is 42.0 Å². The number of carbonyl (C=O) groups excluding carboxylic acids is 1. The van der Waals surface area contributed by atoms with Crippen molar-refractivity contribution in [1.29, 1.82) is 0 Å². The number of aliphatic hydroxyl groups excluding tert-OH is 1. The Morgan fingerprint density at radius 1 is 1.15 bits per heavy atom. The maximum absolute atomic E-state index is 11.5. The minimum Gasteiger partial charge on any atom is -0.478 e. The Morgan fingerprint density at radius 2 is 1.85 bits per heavy atom. The first kappa shape index (κ1) is 14.3. The van der Waals surface area contributed by atoms with Crippen LogP contribution in [0.25, 0.3) is 10.8 Å². The summed E-state index contributed by atoms with van der Waals surface area (Å²) in [7, 11) is 1.32. The Balaban J connectivity index is 2.52. The van der Waals surface area contributed by atoms with Crippen LogP contribution in [0.3, 0.4) is 0 Å². The summed E-state index contributed by atoms with van der Waals surface area (Å²) in [5.74, 6) is 0.0745. The second-order valence-electron chi connectivity index (χ2n) is 4.66. The van der Waals surface area contributed by atoms with Gasteiger partial charge in [-0.15, -0.1) is 0 Å². The molecule has 0 saturated carbocycles. The van der Waals surface area contributed by atoms with E-state index in [-0.39, 0.29) is 0 Å². The smallest absolute Gasteiger partial charge is 0.346 e. The van der Waals surface area contributed by atoms with E-state index in [0.29, 0.717) is 11.3 Å². The minimum atomic E-state index is -0.733. The van der Waals surface area contributed by atoms with Crippen molar-refractivity contribution < 1.29 is 19.4 Å². The van der Waals surface area contributed by atoms with Crippen molar-refractivity contribution in [3.8, 4) is 5.75 Å². The lowest BCUT2D eigenvalue weighted by Gasteiger charge is -2.19. The molecule has 0 amide bonds. The highest BCUT2D eigenvalue weighted by atomic mass is 16.6. The summed E-state index contributed by atoms with van der Waals surface area (Å²) in [5, 5.41) is 11.7. The van der Waals surface area contributed by atoms with Crippen molar-refractivity contribution in [2.75, 3.05) is 7.11 Å². The van der Waals surface area contributed by atoms with Crippen LogP contribution < -0.4 is 4.74 Å². The molecule has 2 atom stereocenters. The molecule has 20 heavy (non-hydrogen) atoms. The number of fused-ring (bicyclic) bond motifs is 1. The van der Waals surface area contributed by atoms with Crippen molar-refractivity contribution in [2.45, 2.75) is 26.1 Å². The van der Waals surface area contributed by atoms with E-state index in [1.165, 1.54) is 7.11 Å². The number of esters is 1. The second kappa shape index (κ2) is 5.92. The van der Waals surface area contributed by atoms with Gasteiger partial charge in [0.25, 0.3) is 0 Å². The predicted molar refractivity (Wildman–Crippen MR) is 76.7 cm³/mol. The fourth-order valence-corrected chi connectivity index (χ4v) is 2.11. The maximum Gasteiger partial charge on any atom is 0.346 e. The van der Waals surface area contributed by atoms with E-state index in [4.69, 9.17) is 4.74 Å². The molecular weight excluding hydrogens is 256 g/mol. The van der Waals surface area contributed by atoms with E-state index in [9.17, 15) is 9.90 Å². The lowest BCUT2D eigenvalue weighted by atomic mass is 10.0. The molecule has 0 radical (unpaired) electrons. The monoisotopic (exact) mass is 274 g/mol. The number of rotatable bonds is 4. The molecule has 0 spiro atoms. The summed E-state index contributed by atoms with van der Waals surface area (Å²) in [6.45, 7) is 3.29. The molecule has 0 bridgehead atoms. The van der Waals surface area contributed by atoms with Gasteiger partial charge in [0, 0.05) is 10.9 Å². The zero-order chi connectivity index (χ0) is 14.7. The molecule has 0 aliphatic heterocycles. The van der Waals surface area contributed by atoms with E-state index >= 15 is 0 Å². The molecule has 0 saturated heterocycles. The minimum absolute atomic E-state index is 0.450. The topological polar surface area (TPSA) is 55.8 Å². The fourth-order valence-electron chi connectivity index (χ4n) is 2.11. The van der Waals surface area contributed by atoms with Gasteiger partial charge in [0.15, 0.2) is 6.10 Å². The molecule has 1 N–H and O–H groups in total. The van der Waals surface area contributed by atoms with E-state index in [0.717, 1.165) is 10.8 Å². The van der Waals surface area contributed by atoms with Gasteiger partial charge in [-0.25, -0.2) is 4.79 Å². The van der Waals surface area contributed by atoms with E-state index in [1.807, 2.05) is 36.4 Å². The van der Waals surface area contributed by atoms with Gasteiger partial charge in [-0.1, -0.05) is 36.4 Å².